The highest BCUT2D eigenvalue weighted by molar-refractivity contribution is 5.98. The number of carbonyl (C=O) groups is 1. The summed E-state index contributed by atoms with van der Waals surface area (Å²) in [4.78, 5) is 23.6. The van der Waals surface area contributed by atoms with Gasteiger partial charge < -0.3 is 10.2 Å². The van der Waals surface area contributed by atoms with Crippen LogP contribution in [0.3, 0.4) is 0 Å². The normalized spacial score (nSPS) is 12.3. The van der Waals surface area contributed by atoms with Gasteiger partial charge in [-0.2, -0.15) is 0 Å². The molecular weight excluding hydrogens is 272 g/mol. The molecule has 0 fully saturated rings. The van der Waals surface area contributed by atoms with Crippen molar-refractivity contribution in [3.05, 3.63) is 39.4 Å². The number of nitrogens with zero attached hydrogens (tertiary/aromatic N) is 2. The van der Waals surface area contributed by atoms with E-state index in [-0.39, 0.29) is 6.04 Å². The first-order chi connectivity index (χ1) is 9.22. The highest BCUT2D eigenvalue weighted by Gasteiger charge is 2.24. The second kappa shape index (κ2) is 6.38. The number of nitrogens with one attached hydrogen (secondary N) is 1. The smallest absolute Gasteiger partial charge is 0.285 e. The predicted octanol–water partition coefficient (Wildman–Crippen LogP) is 1.55. The molecule has 0 saturated heterocycles. The van der Waals surface area contributed by atoms with Crippen LogP contribution in [0.2, 0.25) is 0 Å². The average Bonchev–Trinajstić information content (AvgIpc) is 2.30. The molecular formula is C12H15F2N3O3. The van der Waals surface area contributed by atoms with Gasteiger partial charge in [-0.3, -0.25) is 14.9 Å². The molecule has 0 aliphatic carbocycles. The molecule has 1 atom stereocenters. The molecule has 110 valence electrons. The number of amides is 1. The van der Waals surface area contributed by atoms with E-state index in [2.05, 4.69) is 5.32 Å². The largest absolute Gasteiger partial charge is 0.348 e. The van der Waals surface area contributed by atoms with Crippen LogP contribution in [-0.2, 0) is 0 Å². The van der Waals surface area contributed by atoms with E-state index in [9.17, 15) is 23.7 Å². The number of rotatable bonds is 5. The van der Waals surface area contributed by atoms with Crippen LogP contribution in [0.4, 0.5) is 14.5 Å². The molecule has 1 aromatic rings. The lowest BCUT2D eigenvalue weighted by Crippen LogP contribution is -2.39. The molecule has 8 heteroatoms. The van der Waals surface area contributed by atoms with Crippen molar-refractivity contribution in [1.82, 2.24) is 10.2 Å². The van der Waals surface area contributed by atoms with Crippen LogP contribution in [0.1, 0.15) is 17.3 Å². The first kappa shape index (κ1) is 16.0. The van der Waals surface area contributed by atoms with Crippen molar-refractivity contribution in [2.24, 2.45) is 0 Å². The Kier molecular flexibility index (Phi) is 5.09. The van der Waals surface area contributed by atoms with E-state index in [0.29, 0.717) is 18.7 Å². The van der Waals surface area contributed by atoms with Crippen molar-refractivity contribution in [2.45, 2.75) is 13.0 Å². The Hall–Kier alpha value is -2.09. The van der Waals surface area contributed by atoms with Crippen molar-refractivity contribution in [3.8, 4) is 0 Å². The number of hydrogen-bond donors (Lipinski definition) is 1. The minimum Gasteiger partial charge on any atom is -0.348 e. The van der Waals surface area contributed by atoms with Gasteiger partial charge in [0.05, 0.1) is 11.0 Å². The third-order valence-electron chi connectivity index (χ3n) is 2.50. The van der Waals surface area contributed by atoms with Gasteiger partial charge in [-0.05, 0) is 27.1 Å². The fourth-order valence-corrected chi connectivity index (χ4v) is 1.76. The van der Waals surface area contributed by atoms with E-state index in [4.69, 9.17) is 0 Å². The van der Waals surface area contributed by atoms with Crippen LogP contribution in [0.5, 0.6) is 0 Å². The zero-order valence-corrected chi connectivity index (χ0v) is 11.3. The maximum Gasteiger partial charge on any atom is 0.285 e. The highest BCUT2D eigenvalue weighted by Crippen LogP contribution is 2.22. The molecule has 0 saturated carbocycles. The van der Waals surface area contributed by atoms with E-state index >= 15 is 0 Å². The molecule has 0 radical (unpaired) electrons. The monoisotopic (exact) mass is 287 g/mol. The lowest BCUT2D eigenvalue weighted by atomic mass is 10.1. The lowest BCUT2D eigenvalue weighted by molar-refractivity contribution is -0.385. The molecule has 6 nitrogen and oxygen atoms in total. The standard InChI is InChI=1S/C12H15F2N3O3/c1-7(6-16(2)3)15-12(18)8-4-9(13)10(14)5-11(8)17(19)20/h4-5,7H,6H2,1-3H3,(H,15,18). The van der Waals surface area contributed by atoms with Gasteiger partial charge in [0.1, 0.15) is 5.56 Å². The third-order valence-corrected chi connectivity index (χ3v) is 2.50. The molecule has 1 rings (SSSR count). The Balaban J connectivity index is 3.03. The van der Waals surface area contributed by atoms with E-state index in [1.165, 1.54) is 0 Å². The third kappa shape index (κ3) is 3.95. The van der Waals surface area contributed by atoms with E-state index in [1.807, 2.05) is 4.90 Å². The second-order valence-corrected chi connectivity index (χ2v) is 4.68. The summed E-state index contributed by atoms with van der Waals surface area (Å²) in [5, 5.41) is 13.3. The minimum atomic E-state index is -1.37. The number of carbonyl (C=O) groups excluding carboxylic acids is 1. The Bertz CT molecular complexity index is 535. The topological polar surface area (TPSA) is 75.5 Å². The lowest BCUT2D eigenvalue weighted by Gasteiger charge is -2.18. The van der Waals surface area contributed by atoms with Crippen molar-refractivity contribution in [2.75, 3.05) is 20.6 Å². The Morgan fingerprint density at radius 3 is 2.45 bits per heavy atom. The maximum atomic E-state index is 13.1. The number of hydrogen-bond acceptors (Lipinski definition) is 4. The number of halogens is 2. The Morgan fingerprint density at radius 2 is 1.95 bits per heavy atom. The maximum absolute atomic E-state index is 13.1. The Labute approximate surface area is 114 Å². The summed E-state index contributed by atoms with van der Waals surface area (Å²) >= 11 is 0. The van der Waals surface area contributed by atoms with Crippen molar-refractivity contribution < 1.29 is 18.5 Å². The van der Waals surface area contributed by atoms with Gasteiger partial charge in [-0.25, -0.2) is 8.78 Å². The summed E-state index contributed by atoms with van der Waals surface area (Å²) < 4.78 is 26.1. The SMILES string of the molecule is CC(CN(C)C)NC(=O)c1cc(F)c(F)cc1[N+](=O)[O-]. The number of nitro groups is 1. The van der Waals surface area contributed by atoms with Crippen LogP contribution >= 0.6 is 0 Å². The van der Waals surface area contributed by atoms with Gasteiger partial charge >= 0.3 is 0 Å². The number of nitro benzene ring substituents is 1. The van der Waals surface area contributed by atoms with Crippen LogP contribution in [0, 0.1) is 21.7 Å². The van der Waals surface area contributed by atoms with Crippen molar-refractivity contribution in [3.63, 3.8) is 0 Å². The van der Waals surface area contributed by atoms with Gasteiger partial charge in [0.15, 0.2) is 11.6 Å². The van der Waals surface area contributed by atoms with E-state index in [0.717, 1.165) is 0 Å². The summed E-state index contributed by atoms with van der Waals surface area (Å²) in [6, 6.07) is 0.636. The highest BCUT2D eigenvalue weighted by atomic mass is 19.2. The fourth-order valence-electron chi connectivity index (χ4n) is 1.76. The van der Waals surface area contributed by atoms with Gasteiger partial charge in [-0.15, -0.1) is 0 Å². The first-order valence-corrected chi connectivity index (χ1v) is 5.81. The van der Waals surface area contributed by atoms with Crippen molar-refractivity contribution in [1.29, 1.82) is 0 Å². The van der Waals surface area contributed by atoms with Crippen LogP contribution in [0.15, 0.2) is 12.1 Å². The molecule has 0 aliphatic rings. The number of benzene rings is 1. The Morgan fingerprint density at radius 1 is 1.40 bits per heavy atom. The second-order valence-electron chi connectivity index (χ2n) is 4.68. The molecule has 1 aromatic carbocycles. The van der Waals surface area contributed by atoms with Gasteiger partial charge in [0.2, 0.25) is 0 Å². The molecule has 1 amide bonds. The molecule has 0 heterocycles. The predicted molar refractivity (Wildman–Crippen MR) is 68.5 cm³/mol. The molecule has 0 aromatic heterocycles. The summed E-state index contributed by atoms with van der Waals surface area (Å²) in [5.41, 5.74) is -1.27. The minimum absolute atomic E-state index is 0.301. The summed E-state index contributed by atoms with van der Waals surface area (Å²) in [7, 11) is 3.59. The van der Waals surface area contributed by atoms with E-state index < -0.39 is 33.7 Å². The summed E-state index contributed by atoms with van der Waals surface area (Å²) in [6.45, 7) is 2.20. The van der Waals surface area contributed by atoms with Crippen LogP contribution < -0.4 is 5.32 Å². The summed E-state index contributed by atoms with van der Waals surface area (Å²) in [6.07, 6.45) is 0. The summed E-state index contributed by atoms with van der Waals surface area (Å²) in [5.74, 6) is -3.49. The van der Waals surface area contributed by atoms with Gasteiger partial charge in [0.25, 0.3) is 11.6 Å². The quantitative estimate of drug-likeness (QED) is 0.658. The number of likely N-dealkylation sites (N-methyl/N-ethyl adjacent to an activating group) is 1. The molecule has 20 heavy (non-hydrogen) atoms. The molecule has 1 N–H and O–H groups in total. The van der Waals surface area contributed by atoms with Gasteiger partial charge in [-0.1, -0.05) is 0 Å². The molecule has 0 spiro atoms. The van der Waals surface area contributed by atoms with Gasteiger partial charge in [0, 0.05) is 12.6 Å². The zero-order valence-electron chi connectivity index (χ0n) is 11.3. The zero-order chi connectivity index (χ0) is 15.4. The molecule has 1 unspecified atom stereocenters. The average molecular weight is 287 g/mol. The molecule has 0 aliphatic heterocycles. The first-order valence-electron chi connectivity index (χ1n) is 5.81. The van der Waals surface area contributed by atoms with Crippen LogP contribution in [-0.4, -0.2) is 42.4 Å². The fraction of sp³-hybridized carbons (Fsp3) is 0.417. The molecule has 0 bridgehead atoms. The van der Waals surface area contributed by atoms with Crippen LogP contribution in [0.25, 0.3) is 0 Å². The van der Waals surface area contributed by atoms with Crippen molar-refractivity contribution >= 4 is 11.6 Å². The van der Waals surface area contributed by atoms with E-state index in [1.54, 1.807) is 21.0 Å².